The molecule has 1 saturated carbocycles. The van der Waals surface area contributed by atoms with Crippen LogP contribution in [0.5, 0.6) is 11.5 Å². The fourth-order valence-corrected chi connectivity index (χ4v) is 5.90. The molecule has 0 spiro atoms. The zero-order valence-electron chi connectivity index (χ0n) is 23.3. The number of fused-ring (bicyclic) bond motifs is 1. The molecule has 0 radical (unpaired) electrons. The fourth-order valence-electron chi connectivity index (χ4n) is 5.90. The summed E-state index contributed by atoms with van der Waals surface area (Å²) in [6, 6.07) is 25.6. The maximum Gasteiger partial charge on any atom is 0.336 e. The summed E-state index contributed by atoms with van der Waals surface area (Å²) in [6.45, 7) is 4.49. The maximum atomic E-state index is 13.9. The molecule has 206 valence electrons. The summed E-state index contributed by atoms with van der Waals surface area (Å²) < 4.78 is 17.2. The van der Waals surface area contributed by atoms with Crippen molar-refractivity contribution in [2.45, 2.75) is 44.9 Å². The minimum Gasteiger partial charge on any atom is -0.493 e. The van der Waals surface area contributed by atoms with Gasteiger partial charge in [-0.15, -0.1) is 0 Å². The Balaban J connectivity index is 1.51. The zero-order valence-corrected chi connectivity index (χ0v) is 23.3. The number of rotatable bonds is 9. The zero-order chi connectivity index (χ0) is 28.1. The summed E-state index contributed by atoms with van der Waals surface area (Å²) in [5, 5.41) is 0. The van der Waals surface area contributed by atoms with Gasteiger partial charge >= 0.3 is 5.97 Å². The van der Waals surface area contributed by atoms with Crippen LogP contribution in [-0.2, 0) is 20.7 Å². The Morgan fingerprint density at radius 1 is 0.900 bits per heavy atom. The lowest BCUT2D eigenvalue weighted by Gasteiger charge is -2.38. The molecule has 3 aromatic carbocycles. The van der Waals surface area contributed by atoms with Gasteiger partial charge in [-0.1, -0.05) is 66.7 Å². The number of allylic oxidation sites excluding steroid dienone is 1. The summed E-state index contributed by atoms with van der Waals surface area (Å²) in [6.07, 6.45) is 1.67. The van der Waals surface area contributed by atoms with E-state index in [-0.39, 0.29) is 18.3 Å². The van der Waals surface area contributed by atoms with Crippen LogP contribution in [0.4, 0.5) is 0 Å². The minimum absolute atomic E-state index is 0.0615. The van der Waals surface area contributed by atoms with Gasteiger partial charge < -0.3 is 14.2 Å². The summed E-state index contributed by atoms with van der Waals surface area (Å²) in [7, 11) is 1.59. The average Bonchev–Trinajstić information content (AvgIpc) is 2.97. The summed E-state index contributed by atoms with van der Waals surface area (Å²) in [5.74, 6) is -0.181. The van der Waals surface area contributed by atoms with Crippen LogP contribution < -0.4 is 9.47 Å². The lowest BCUT2D eigenvalue weighted by Crippen LogP contribution is -2.41. The molecular weight excluding hydrogens is 502 g/mol. The molecule has 0 bridgehead atoms. The van der Waals surface area contributed by atoms with E-state index in [0.717, 1.165) is 22.4 Å². The van der Waals surface area contributed by atoms with Crippen LogP contribution in [0.2, 0.25) is 0 Å². The van der Waals surface area contributed by atoms with Gasteiger partial charge in [0.05, 0.1) is 31.8 Å². The molecule has 6 heteroatoms. The van der Waals surface area contributed by atoms with Gasteiger partial charge in [-0.05, 0) is 55.0 Å². The Kier molecular flexibility index (Phi) is 8.44. The van der Waals surface area contributed by atoms with Crippen molar-refractivity contribution in [3.05, 3.63) is 107 Å². The quantitative estimate of drug-likeness (QED) is 0.293. The molecule has 0 saturated heterocycles. The molecule has 2 aliphatic rings. The molecule has 1 fully saturated rings. The lowest BCUT2D eigenvalue weighted by atomic mass is 9.66. The number of esters is 1. The van der Waals surface area contributed by atoms with E-state index in [2.05, 4.69) is 12.1 Å². The number of ketones is 1. The van der Waals surface area contributed by atoms with Crippen molar-refractivity contribution in [3.63, 3.8) is 0 Å². The standard InChI is InChI=1S/C34H35NO5/c1-4-39-29-16-15-25(21-30(29)38-3)32-31(34(37)40-18-17-23-11-7-5-8-12-23)22(2)35-27-19-26(20-28(36)33(27)32)24-13-9-6-10-14-24/h5-16,21,26,32-33H,4,17-20H2,1-3H3/t26-,32-,33?/m0/s1. The van der Waals surface area contributed by atoms with Crippen LogP contribution in [0.25, 0.3) is 0 Å². The highest BCUT2D eigenvalue weighted by Gasteiger charge is 2.46. The summed E-state index contributed by atoms with van der Waals surface area (Å²) >= 11 is 0. The largest absolute Gasteiger partial charge is 0.493 e. The minimum atomic E-state index is -0.539. The van der Waals surface area contributed by atoms with Gasteiger partial charge in [-0.25, -0.2) is 4.79 Å². The lowest BCUT2D eigenvalue weighted by molar-refractivity contribution is -0.139. The van der Waals surface area contributed by atoms with Crippen LogP contribution in [0.3, 0.4) is 0 Å². The van der Waals surface area contributed by atoms with E-state index in [1.807, 2.05) is 80.6 Å². The second-order valence-electron chi connectivity index (χ2n) is 10.3. The Hall–Kier alpha value is -4.19. The molecule has 5 rings (SSSR count). The molecule has 0 aromatic heterocycles. The SMILES string of the molecule is CCOc1ccc([C@H]2C(C(=O)OCCc3ccccc3)=C(C)N=C3C[C@H](c4ccccc4)CC(=O)C32)cc1OC. The van der Waals surface area contributed by atoms with Crippen molar-refractivity contribution in [1.82, 2.24) is 0 Å². The predicted molar refractivity (Wildman–Crippen MR) is 155 cm³/mol. The van der Waals surface area contributed by atoms with E-state index in [9.17, 15) is 9.59 Å². The molecule has 1 heterocycles. The van der Waals surface area contributed by atoms with E-state index >= 15 is 0 Å². The normalized spacial score (nSPS) is 20.4. The van der Waals surface area contributed by atoms with Crippen molar-refractivity contribution in [1.29, 1.82) is 0 Å². The topological polar surface area (TPSA) is 74.2 Å². The maximum absolute atomic E-state index is 13.9. The molecule has 3 atom stereocenters. The molecule has 40 heavy (non-hydrogen) atoms. The van der Waals surface area contributed by atoms with Crippen LogP contribution >= 0.6 is 0 Å². The third-order valence-electron chi connectivity index (χ3n) is 7.76. The number of hydrogen-bond donors (Lipinski definition) is 0. The number of benzene rings is 3. The Morgan fingerprint density at radius 3 is 2.33 bits per heavy atom. The molecule has 0 amide bonds. The van der Waals surface area contributed by atoms with Gasteiger partial charge in [0.15, 0.2) is 11.5 Å². The third kappa shape index (κ3) is 5.71. The molecule has 1 aliphatic carbocycles. The van der Waals surface area contributed by atoms with E-state index in [1.54, 1.807) is 7.11 Å². The monoisotopic (exact) mass is 537 g/mol. The van der Waals surface area contributed by atoms with Gasteiger partial charge in [0.1, 0.15) is 5.78 Å². The molecule has 6 nitrogen and oxygen atoms in total. The first-order chi connectivity index (χ1) is 19.5. The number of carbonyl (C=O) groups excluding carboxylic acids is 2. The smallest absolute Gasteiger partial charge is 0.336 e. The average molecular weight is 538 g/mol. The molecule has 1 aliphatic heterocycles. The van der Waals surface area contributed by atoms with Crippen molar-refractivity contribution >= 4 is 17.5 Å². The summed E-state index contributed by atoms with van der Waals surface area (Å²) in [4.78, 5) is 32.4. The van der Waals surface area contributed by atoms with Crippen molar-refractivity contribution in [2.75, 3.05) is 20.3 Å². The highest BCUT2D eigenvalue weighted by atomic mass is 16.5. The second-order valence-corrected chi connectivity index (χ2v) is 10.3. The van der Waals surface area contributed by atoms with Gasteiger partial charge in [-0.3, -0.25) is 9.79 Å². The first-order valence-corrected chi connectivity index (χ1v) is 13.9. The number of Topliss-reactive ketones (excluding diaryl/α,β-unsaturated/α-hetero) is 1. The molecular formula is C34H35NO5. The summed E-state index contributed by atoms with van der Waals surface area (Å²) in [5.41, 5.74) is 4.87. The van der Waals surface area contributed by atoms with Crippen LogP contribution in [-0.4, -0.2) is 37.8 Å². The number of carbonyl (C=O) groups is 2. The van der Waals surface area contributed by atoms with Crippen molar-refractivity contribution in [2.24, 2.45) is 10.9 Å². The van der Waals surface area contributed by atoms with E-state index in [1.165, 1.54) is 0 Å². The van der Waals surface area contributed by atoms with Crippen LogP contribution in [0.15, 0.2) is 95.1 Å². The predicted octanol–water partition coefficient (Wildman–Crippen LogP) is 6.45. The van der Waals surface area contributed by atoms with Gasteiger partial charge in [0, 0.05) is 30.2 Å². The van der Waals surface area contributed by atoms with Gasteiger partial charge in [-0.2, -0.15) is 0 Å². The first-order valence-electron chi connectivity index (χ1n) is 13.9. The molecule has 0 N–H and O–H groups in total. The van der Waals surface area contributed by atoms with Crippen molar-refractivity contribution in [3.8, 4) is 11.5 Å². The Bertz CT molecular complexity index is 1430. The van der Waals surface area contributed by atoms with E-state index in [0.29, 0.717) is 48.6 Å². The number of ether oxygens (including phenoxy) is 3. The molecule has 3 aromatic rings. The highest BCUT2D eigenvalue weighted by molar-refractivity contribution is 6.12. The number of methoxy groups -OCH3 is 1. The second kappa shape index (κ2) is 12.3. The van der Waals surface area contributed by atoms with Crippen LogP contribution in [0, 0.1) is 5.92 Å². The van der Waals surface area contributed by atoms with Crippen LogP contribution in [0.1, 0.15) is 55.2 Å². The van der Waals surface area contributed by atoms with Gasteiger partial charge in [0.2, 0.25) is 0 Å². The Morgan fingerprint density at radius 2 is 1.62 bits per heavy atom. The first kappa shape index (κ1) is 27.4. The Labute approximate surface area is 235 Å². The van der Waals surface area contributed by atoms with E-state index < -0.39 is 17.8 Å². The number of nitrogens with zero attached hydrogens (tertiary/aromatic N) is 1. The van der Waals surface area contributed by atoms with E-state index in [4.69, 9.17) is 19.2 Å². The fraction of sp³-hybridized carbons (Fsp3) is 0.324. The van der Waals surface area contributed by atoms with Gasteiger partial charge in [0.25, 0.3) is 0 Å². The number of hydrogen-bond acceptors (Lipinski definition) is 6. The number of aliphatic imine (C=N–C) groups is 1. The molecule has 1 unspecified atom stereocenters. The van der Waals surface area contributed by atoms with Crippen molar-refractivity contribution < 1.29 is 23.8 Å². The highest BCUT2D eigenvalue weighted by Crippen LogP contribution is 2.47. The third-order valence-corrected chi connectivity index (χ3v) is 7.76.